The van der Waals surface area contributed by atoms with Gasteiger partial charge in [-0.25, -0.2) is 8.42 Å². The van der Waals surface area contributed by atoms with Gasteiger partial charge in [-0.1, -0.05) is 41.9 Å². The molecule has 0 saturated carbocycles. The highest BCUT2D eigenvalue weighted by Crippen LogP contribution is 2.31. The first-order valence-corrected chi connectivity index (χ1v) is 8.34. The molecular formula is C13H14ClNO2S2. The molecule has 0 N–H and O–H groups in total. The van der Waals surface area contributed by atoms with Gasteiger partial charge in [0.1, 0.15) is 4.21 Å². The molecule has 6 heteroatoms. The molecule has 0 spiro atoms. The molecule has 1 heterocycles. The Morgan fingerprint density at radius 2 is 1.79 bits per heavy atom. The number of thiophene rings is 1. The van der Waals surface area contributed by atoms with Crippen LogP contribution < -0.4 is 0 Å². The van der Waals surface area contributed by atoms with Gasteiger partial charge in [0.25, 0.3) is 10.0 Å². The Balaban J connectivity index is 2.31. The van der Waals surface area contributed by atoms with Crippen molar-refractivity contribution in [2.24, 2.45) is 0 Å². The molecule has 1 aromatic carbocycles. The largest absolute Gasteiger partial charge is 0.252 e. The highest BCUT2D eigenvalue weighted by atomic mass is 35.5. The third-order valence-corrected chi connectivity index (χ3v) is 6.64. The smallest absolute Gasteiger partial charge is 0.206 e. The molecule has 2 aromatic rings. The predicted molar refractivity (Wildman–Crippen MR) is 79.1 cm³/mol. The van der Waals surface area contributed by atoms with Gasteiger partial charge in [0.15, 0.2) is 0 Å². The summed E-state index contributed by atoms with van der Waals surface area (Å²) < 4.78 is 27.0. The van der Waals surface area contributed by atoms with Crippen LogP contribution in [-0.2, 0) is 10.0 Å². The Hall–Kier alpha value is -0.880. The van der Waals surface area contributed by atoms with Crippen molar-refractivity contribution >= 4 is 33.0 Å². The van der Waals surface area contributed by atoms with Crippen LogP contribution in [0.4, 0.5) is 0 Å². The van der Waals surface area contributed by atoms with Gasteiger partial charge in [0, 0.05) is 13.1 Å². The third kappa shape index (κ3) is 3.00. The van der Waals surface area contributed by atoms with Crippen LogP contribution in [0.3, 0.4) is 0 Å². The van der Waals surface area contributed by atoms with E-state index < -0.39 is 10.0 Å². The van der Waals surface area contributed by atoms with Gasteiger partial charge in [-0.2, -0.15) is 4.31 Å². The van der Waals surface area contributed by atoms with Crippen LogP contribution in [0.1, 0.15) is 18.5 Å². The molecule has 0 saturated heterocycles. The van der Waals surface area contributed by atoms with Crippen molar-refractivity contribution < 1.29 is 8.42 Å². The predicted octanol–water partition coefficient (Wildman–Crippen LogP) is 3.78. The van der Waals surface area contributed by atoms with Crippen LogP contribution in [0, 0.1) is 0 Å². The summed E-state index contributed by atoms with van der Waals surface area (Å²) in [6, 6.07) is 12.4. The molecule has 2 rings (SSSR count). The van der Waals surface area contributed by atoms with E-state index in [2.05, 4.69) is 0 Å². The van der Waals surface area contributed by atoms with Gasteiger partial charge < -0.3 is 0 Å². The monoisotopic (exact) mass is 315 g/mol. The van der Waals surface area contributed by atoms with Gasteiger partial charge in [-0.3, -0.25) is 0 Å². The molecule has 0 amide bonds. The van der Waals surface area contributed by atoms with Crippen molar-refractivity contribution in [3.8, 4) is 0 Å². The Kier molecular flexibility index (Phi) is 4.30. The average molecular weight is 316 g/mol. The van der Waals surface area contributed by atoms with Gasteiger partial charge in [0.05, 0.1) is 4.34 Å². The van der Waals surface area contributed by atoms with Gasteiger partial charge in [-0.15, -0.1) is 11.3 Å². The molecule has 19 heavy (non-hydrogen) atoms. The number of hydrogen-bond acceptors (Lipinski definition) is 3. The quantitative estimate of drug-likeness (QED) is 0.861. The first-order chi connectivity index (χ1) is 8.93. The van der Waals surface area contributed by atoms with Crippen molar-refractivity contribution in [2.45, 2.75) is 17.2 Å². The standard InChI is InChI=1S/C13H14ClNO2S2/c1-10(11-6-4-3-5-7-11)15(2)19(16,17)13-9-8-12(14)18-13/h3-10H,1-2H3. The average Bonchev–Trinajstić information content (AvgIpc) is 2.85. The van der Waals surface area contributed by atoms with Crippen molar-refractivity contribution in [1.29, 1.82) is 0 Å². The number of benzene rings is 1. The lowest BCUT2D eigenvalue weighted by Crippen LogP contribution is -2.29. The van der Waals surface area contributed by atoms with E-state index in [0.717, 1.165) is 16.9 Å². The summed E-state index contributed by atoms with van der Waals surface area (Å²) in [5.74, 6) is 0. The minimum atomic E-state index is -3.50. The maximum absolute atomic E-state index is 12.4. The minimum absolute atomic E-state index is 0.230. The van der Waals surface area contributed by atoms with Gasteiger partial charge >= 0.3 is 0 Å². The molecule has 1 unspecified atom stereocenters. The minimum Gasteiger partial charge on any atom is -0.206 e. The zero-order valence-electron chi connectivity index (χ0n) is 10.6. The van der Waals surface area contributed by atoms with Crippen molar-refractivity contribution in [1.82, 2.24) is 4.31 Å². The van der Waals surface area contributed by atoms with Crippen LogP contribution in [0.15, 0.2) is 46.7 Å². The maximum Gasteiger partial charge on any atom is 0.252 e. The van der Waals surface area contributed by atoms with E-state index in [-0.39, 0.29) is 10.3 Å². The first kappa shape index (κ1) is 14.5. The van der Waals surface area contributed by atoms with Crippen molar-refractivity contribution in [2.75, 3.05) is 7.05 Å². The number of sulfonamides is 1. The maximum atomic E-state index is 12.4. The zero-order valence-corrected chi connectivity index (χ0v) is 13.0. The van der Waals surface area contributed by atoms with Gasteiger partial charge in [-0.05, 0) is 24.6 Å². The molecule has 1 aromatic heterocycles. The van der Waals surface area contributed by atoms with E-state index in [1.54, 1.807) is 13.1 Å². The highest BCUT2D eigenvalue weighted by Gasteiger charge is 2.27. The molecule has 0 aliphatic carbocycles. The lowest BCUT2D eigenvalue weighted by molar-refractivity contribution is 0.399. The number of rotatable bonds is 4. The van der Waals surface area contributed by atoms with Gasteiger partial charge in [0.2, 0.25) is 0 Å². The fourth-order valence-electron chi connectivity index (χ4n) is 1.73. The summed E-state index contributed by atoms with van der Waals surface area (Å²) in [5, 5.41) is 0. The third-order valence-electron chi connectivity index (χ3n) is 3.01. The number of nitrogens with zero attached hydrogens (tertiary/aromatic N) is 1. The summed E-state index contributed by atoms with van der Waals surface area (Å²) in [5.41, 5.74) is 0.955. The first-order valence-electron chi connectivity index (χ1n) is 5.71. The second-order valence-electron chi connectivity index (χ2n) is 4.17. The second kappa shape index (κ2) is 5.63. The van der Waals surface area contributed by atoms with Crippen LogP contribution in [-0.4, -0.2) is 19.8 Å². The molecule has 0 radical (unpaired) electrons. The fraction of sp³-hybridized carbons (Fsp3) is 0.231. The normalized spacial score (nSPS) is 13.7. The van der Waals surface area contributed by atoms with Crippen molar-refractivity contribution in [3.63, 3.8) is 0 Å². The molecule has 0 fully saturated rings. The SMILES string of the molecule is CC(c1ccccc1)N(C)S(=O)(=O)c1ccc(Cl)s1. The summed E-state index contributed by atoms with van der Waals surface area (Å²) in [6.07, 6.45) is 0. The van der Waals surface area contributed by atoms with Crippen LogP contribution >= 0.6 is 22.9 Å². The fourth-order valence-corrected chi connectivity index (χ4v) is 4.75. The van der Waals surface area contributed by atoms with E-state index in [4.69, 9.17) is 11.6 Å². The number of halogens is 1. The van der Waals surface area contributed by atoms with E-state index in [9.17, 15) is 8.42 Å². The lowest BCUT2D eigenvalue weighted by atomic mass is 10.1. The van der Waals surface area contributed by atoms with E-state index in [1.165, 1.54) is 10.4 Å². The van der Waals surface area contributed by atoms with E-state index in [1.807, 2.05) is 37.3 Å². The topological polar surface area (TPSA) is 37.4 Å². The van der Waals surface area contributed by atoms with Crippen LogP contribution in [0.25, 0.3) is 0 Å². The molecule has 0 bridgehead atoms. The van der Waals surface area contributed by atoms with Crippen LogP contribution in [0.2, 0.25) is 4.34 Å². The Morgan fingerprint density at radius 3 is 2.32 bits per heavy atom. The molecule has 102 valence electrons. The van der Waals surface area contributed by atoms with E-state index in [0.29, 0.717) is 4.34 Å². The second-order valence-corrected chi connectivity index (χ2v) is 8.11. The Labute approximate surface area is 122 Å². The summed E-state index contributed by atoms with van der Waals surface area (Å²) in [6.45, 7) is 1.86. The highest BCUT2D eigenvalue weighted by molar-refractivity contribution is 7.91. The molecule has 3 nitrogen and oxygen atoms in total. The van der Waals surface area contributed by atoms with Crippen molar-refractivity contribution in [3.05, 3.63) is 52.4 Å². The molecule has 1 atom stereocenters. The molecule has 0 aliphatic rings. The lowest BCUT2D eigenvalue weighted by Gasteiger charge is -2.23. The Bertz CT molecular complexity index is 652. The summed E-state index contributed by atoms with van der Waals surface area (Å²) >= 11 is 6.87. The molecular weight excluding hydrogens is 302 g/mol. The summed E-state index contributed by atoms with van der Waals surface area (Å²) in [4.78, 5) is 0. The van der Waals surface area contributed by atoms with E-state index >= 15 is 0 Å². The molecule has 0 aliphatic heterocycles. The summed E-state index contributed by atoms with van der Waals surface area (Å²) in [7, 11) is -1.91. The van der Waals surface area contributed by atoms with Crippen LogP contribution in [0.5, 0.6) is 0 Å². The Morgan fingerprint density at radius 1 is 1.16 bits per heavy atom. The zero-order chi connectivity index (χ0) is 14.0. The number of hydrogen-bond donors (Lipinski definition) is 0.